The Kier molecular flexibility index (Phi) is 3.64. The minimum Gasteiger partial charge on any atom is -0.485 e. The first kappa shape index (κ1) is 11.5. The largest absolute Gasteiger partial charge is 0.485 e. The monoisotopic (exact) mass is 208 g/mol. The predicted molar refractivity (Wildman–Crippen MR) is 55.9 cm³/mol. The van der Waals surface area contributed by atoms with E-state index in [1.54, 1.807) is 13.8 Å². The normalized spacial score (nSPS) is 10.1. The third-order valence-electron chi connectivity index (χ3n) is 1.65. The second-order valence-corrected chi connectivity index (χ2v) is 3.26. The van der Waals surface area contributed by atoms with Gasteiger partial charge in [-0.2, -0.15) is 0 Å². The first-order chi connectivity index (χ1) is 7.07. The highest BCUT2D eigenvalue weighted by molar-refractivity contribution is 5.51. The molecule has 0 aliphatic heterocycles. The van der Waals surface area contributed by atoms with Crippen LogP contribution in [0.3, 0.4) is 0 Å². The highest BCUT2D eigenvalue weighted by atomic mass is 16.5. The van der Waals surface area contributed by atoms with Crippen LogP contribution in [0.4, 0.5) is 0 Å². The van der Waals surface area contributed by atoms with Crippen molar-refractivity contribution < 1.29 is 9.47 Å². The third kappa shape index (κ3) is 2.45. The van der Waals surface area contributed by atoms with Crippen LogP contribution in [0.5, 0.6) is 5.75 Å². The number of rotatable bonds is 3. The van der Waals surface area contributed by atoms with Crippen LogP contribution >= 0.6 is 0 Å². The number of hydrogen-bond donors (Lipinski definition) is 0. The first-order valence-electron chi connectivity index (χ1n) is 4.55. The zero-order valence-corrected chi connectivity index (χ0v) is 8.92. The molecule has 0 bridgehead atoms. The Bertz CT molecular complexity index is 467. The molecular weight excluding hydrogens is 196 g/mol. The van der Waals surface area contributed by atoms with Gasteiger partial charge in [0, 0.05) is 7.11 Å². The van der Waals surface area contributed by atoms with E-state index >= 15 is 0 Å². The van der Waals surface area contributed by atoms with Gasteiger partial charge in [-0.05, 0) is 13.8 Å². The van der Waals surface area contributed by atoms with Gasteiger partial charge in [0.25, 0.3) is 5.43 Å². The van der Waals surface area contributed by atoms with Gasteiger partial charge in [0.2, 0.25) is 5.43 Å². The number of hydrogen-bond acceptors (Lipinski definition) is 4. The van der Waals surface area contributed by atoms with Gasteiger partial charge >= 0.3 is 0 Å². The van der Waals surface area contributed by atoms with E-state index < -0.39 is 10.9 Å². The molecule has 0 aliphatic carbocycles. The predicted octanol–water partition coefficient (Wildman–Crippen LogP) is 0.0677. The Balaban J connectivity index is 2.91. The van der Waals surface area contributed by atoms with Gasteiger partial charge in [0.15, 0.2) is 5.75 Å². The standard InChI is InChI=1S/C11H12O4/c1-7(2)15-11-8(5-4-6-14-3)9(12)10(11)13/h7H,6H2,1-3H3. The van der Waals surface area contributed by atoms with Crippen LogP contribution in [0.1, 0.15) is 19.4 Å². The quantitative estimate of drug-likeness (QED) is 0.521. The maximum Gasteiger partial charge on any atom is 0.270 e. The minimum atomic E-state index is -0.592. The van der Waals surface area contributed by atoms with Crippen LogP contribution in [-0.2, 0) is 4.74 Å². The van der Waals surface area contributed by atoms with Crippen LogP contribution in [0, 0.1) is 11.8 Å². The molecule has 0 amide bonds. The van der Waals surface area contributed by atoms with E-state index in [0.717, 1.165) is 0 Å². The smallest absolute Gasteiger partial charge is 0.270 e. The Morgan fingerprint density at radius 1 is 1.27 bits per heavy atom. The molecule has 0 fully saturated rings. The fourth-order valence-corrected chi connectivity index (χ4v) is 1.03. The highest BCUT2D eigenvalue weighted by Crippen LogP contribution is 2.11. The molecule has 1 rings (SSSR count). The molecule has 1 aromatic carbocycles. The van der Waals surface area contributed by atoms with Crippen molar-refractivity contribution in [2.24, 2.45) is 0 Å². The molecule has 0 unspecified atom stereocenters. The van der Waals surface area contributed by atoms with E-state index in [9.17, 15) is 9.59 Å². The summed E-state index contributed by atoms with van der Waals surface area (Å²) in [4.78, 5) is 22.2. The van der Waals surface area contributed by atoms with Gasteiger partial charge in [0.05, 0.1) is 6.10 Å². The Hall–Kier alpha value is -1.60. The molecule has 0 spiro atoms. The van der Waals surface area contributed by atoms with Crippen molar-refractivity contribution >= 4 is 0 Å². The topological polar surface area (TPSA) is 52.6 Å². The first-order valence-corrected chi connectivity index (χ1v) is 4.55. The fraction of sp³-hybridized carbons (Fsp3) is 0.455. The van der Waals surface area contributed by atoms with Gasteiger partial charge in [-0.1, -0.05) is 11.8 Å². The summed E-state index contributed by atoms with van der Waals surface area (Å²) in [6.45, 7) is 3.78. The summed E-state index contributed by atoms with van der Waals surface area (Å²) in [5, 5.41) is 0. The molecule has 4 heteroatoms. The molecular formula is C11H12O4. The molecule has 0 saturated heterocycles. The van der Waals surface area contributed by atoms with E-state index in [4.69, 9.17) is 9.47 Å². The third-order valence-corrected chi connectivity index (χ3v) is 1.65. The average Bonchev–Trinajstić information content (AvgIpc) is 2.21. The summed E-state index contributed by atoms with van der Waals surface area (Å²) in [6.07, 6.45) is -0.142. The molecule has 0 heterocycles. The van der Waals surface area contributed by atoms with E-state index in [-0.39, 0.29) is 24.0 Å². The molecule has 0 radical (unpaired) electrons. The Morgan fingerprint density at radius 2 is 1.93 bits per heavy atom. The van der Waals surface area contributed by atoms with E-state index in [2.05, 4.69) is 11.8 Å². The highest BCUT2D eigenvalue weighted by Gasteiger charge is 2.21. The maximum atomic E-state index is 11.1. The van der Waals surface area contributed by atoms with Crippen molar-refractivity contribution in [3.8, 4) is 17.6 Å². The molecule has 1 aromatic rings. The van der Waals surface area contributed by atoms with E-state index in [0.29, 0.717) is 0 Å². The van der Waals surface area contributed by atoms with Crippen LogP contribution in [0.2, 0.25) is 0 Å². The van der Waals surface area contributed by atoms with E-state index in [1.807, 2.05) is 0 Å². The summed E-state index contributed by atoms with van der Waals surface area (Å²) >= 11 is 0. The summed E-state index contributed by atoms with van der Waals surface area (Å²) in [5.74, 6) is 5.25. The number of methoxy groups -OCH3 is 1. The Morgan fingerprint density at radius 3 is 2.47 bits per heavy atom. The van der Waals surface area contributed by atoms with Gasteiger partial charge in [-0.3, -0.25) is 9.59 Å². The summed E-state index contributed by atoms with van der Waals surface area (Å²) in [6, 6.07) is 0. The van der Waals surface area contributed by atoms with Crippen LogP contribution in [0.15, 0.2) is 9.59 Å². The lowest BCUT2D eigenvalue weighted by atomic mass is 10.1. The lowest BCUT2D eigenvalue weighted by Crippen LogP contribution is -2.36. The van der Waals surface area contributed by atoms with Crippen molar-refractivity contribution in [2.45, 2.75) is 20.0 Å². The molecule has 4 nitrogen and oxygen atoms in total. The van der Waals surface area contributed by atoms with Crippen molar-refractivity contribution in [3.05, 3.63) is 26.0 Å². The SMILES string of the molecule is COCC#Cc1c(OC(C)C)c(=O)c1=O. The zero-order chi connectivity index (χ0) is 11.4. The van der Waals surface area contributed by atoms with Gasteiger partial charge in [-0.25, -0.2) is 0 Å². The summed E-state index contributed by atoms with van der Waals surface area (Å²) in [7, 11) is 1.50. The molecule has 0 aromatic heterocycles. The molecule has 0 aliphatic rings. The minimum absolute atomic E-state index is 0.0820. The number of ether oxygens (including phenoxy) is 2. The lowest BCUT2D eigenvalue weighted by Gasteiger charge is -2.11. The molecule has 80 valence electrons. The van der Waals surface area contributed by atoms with Crippen molar-refractivity contribution in [1.29, 1.82) is 0 Å². The van der Waals surface area contributed by atoms with Crippen molar-refractivity contribution in [1.82, 2.24) is 0 Å². The molecule has 0 N–H and O–H groups in total. The van der Waals surface area contributed by atoms with E-state index in [1.165, 1.54) is 7.11 Å². The fourth-order valence-electron chi connectivity index (χ4n) is 1.03. The zero-order valence-electron chi connectivity index (χ0n) is 8.92. The van der Waals surface area contributed by atoms with Crippen LogP contribution < -0.4 is 15.6 Å². The van der Waals surface area contributed by atoms with Crippen LogP contribution in [0.25, 0.3) is 0 Å². The summed E-state index contributed by atoms with van der Waals surface area (Å²) in [5.41, 5.74) is -1.01. The second kappa shape index (κ2) is 4.76. The molecule has 15 heavy (non-hydrogen) atoms. The molecule has 0 atom stereocenters. The van der Waals surface area contributed by atoms with Crippen LogP contribution in [-0.4, -0.2) is 19.8 Å². The van der Waals surface area contributed by atoms with Gasteiger partial charge in [-0.15, -0.1) is 0 Å². The molecule has 0 saturated carbocycles. The van der Waals surface area contributed by atoms with Gasteiger partial charge in [0.1, 0.15) is 12.2 Å². The van der Waals surface area contributed by atoms with Gasteiger partial charge < -0.3 is 9.47 Å². The average molecular weight is 208 g/mol. The second-order valence-electron chi connectivity index (χ2n) is 3.26. The lowest BCUT2D eigenvalue weighted by molar-refractivity contribution is 0.236. The Labute approximate surface area is 87.5 Å². The summed E-state index contributed by atoms with van der Waals surface area (Å²) < 4.78 is 9.88. The van der Waals surface area contributed by atoms with Crippen molar-refractivity contribution in [3.63, 3.8) is 0 Å². The van der Waals surface area contributed by atoms with Crippen molar-refractivity contribution in [2.75, 3.05) is 13.7 Å². The maximum absolute atomic E-state index is 11.1.